The van der Waals surface area contributed by atoms with Gasteiger partial charge >= 0.3 is 0 Å². The average Bonchev–Trinajstić information content (AvgIpc) is 3.30. The Kier molecular flexibility index (Phi) is 8.56. The second-order valence-electron chi connectivity index (χ2n) is 8.50. The van der Waals surface area contributed by atoms with Gasteiger partial charge in [0, 0.05) is 19.3 Å². The predicted molar refractivity (Wildman–Crippen MR) is 128 cm³/mol. The molecule has 184 valence electrons. The van der Waals surface area contributed by atoms with Gasteiger partial charge in [-0.1, -0.05) is 60.6 Å². The van der Waals surface area contributed by atoms with Crippen molar-refractivity contribution in [2.75, 3.05) is 0 Å². The molecule has 2 aromatic carbocycles. The monoisotopic (exact) mass is 490 g/mol. The van der Waals surface area contributed by atoms with Crippen molar-refractivity contribution in [2.24, 2.45) is 5.16 Å². The van der Waals surface area contributed by atoms with Crippen LogP contribution in [0, 0.1) is 0 Å². The van der Waals surface area contributed by atoms with Gasteiger partial charge in [-0.05, 0) is 35.6 Å². The molecule has 1 heterocycles. The minimum Gasteiger partial charge on any atom is -0.392 e. The number of nitrogens with one attached hydrogen (secondary N) is 1. The number of oxime groups is 1. The first-order chi connectivity index (χ1) is 16.2. The third kappa shape index (κ3) is 5.70. The topological polar surface area (TPSA) is 149 Å². The maximum atomic E-state index is 12.1. The molecule has 34 heavy (non-hydrogen) atoms. The van der Waals surface area contributed by atoms with Gasteiger partial charge in [-0.2, -0.15) is 0 Å². The van der Waals surface area contributed by atoms with Crippen LogP contribution >= 0.6 is 0 Å². The Morgan fingerprint density at radius 2 is 1.71 bits per heavy atom. The number of hydrogen-bond donors (Lipinski definition) is 5. The predicted octanol–water partition coefficient (Wildman–Crippen LogP) is 2.40. The highest BCUT2D eigenvalue weighted by atomic mass is 32.2. The summed E-state index contributed by atoms with van der Waals surface area (Å²) < 4.78 is 19.9. The molecular weight excluding hydrogens is 460 g/mol. The Balaban J connectivity index is 1.66. The summed E-state index contributed by atoms with van der Waals surface area (Å²) >= 11 is -2.51. The molecule has 0 saturated carbocycles. The fourth-order valence-corrected chi connectivity index (χ4v) is 4.73. The molecule has 5 atom stereocenters. The molecule has 5 unspecified atom stereocenters. The third-order valence-corrected chi connectivity index (χ3v) is 7.53. The molecule has 2 aromatic rings. The van der Waals surface area contributed by atoms with Gasteiger partial charge in [0.1, 0.15) is 6.10 Å². The van der Waals surface area contributed by atoms with E-state index in [1.807, 2.05) is 48.5 Å². The van der Waals surface area contributed by atoms with Crippen molar-refractivity contribution < 1.29 is 33.8 Å². The normalized spacial score (nSPS) is 19.9. The lowest BCUT2D eigenvalue weighted by Gasteiger charge is -2.27. The summed E-state index contributed by atoms with van der Waals surface area (Å²) in [6, 6.07) is 15.5. The van der Waals surface area contributed by atoms with Gasteiger partial charge in [-0.3, -0.25) is 10.0 Å². The van der Waals surface area contributed by atoms with Gasteiger partial charge < -0.3 is 19.6 Å². The van der Waals surface area contributed by atoms with Gasteiger partial charge in [0.05, 0.1) is 17.9 Å². The first-order valence-corrected chi connectivity index (χ1v) is 12.1. The molecule has 0 aromatic heterocycles. The summed E-state index contributed by atoms with van der Waals surface area (Å²) in [7, 11) is 0. The third-order valence-electron chi connectivity index (χ3n) is 6.22. The van der Waals surface area contributed by atoms with E-state index in [0.717, 1.165) is 22.3 Å². The van der Waals surface area contributed by atoms with E-state index >= 15 is 0 Å². The maximum Gasteiger partial charge on any atom is 0.264 e. The van der Waals surface area contributed by atoms with Crippen LogP contribution in [0.4, 0.5) is 0 Å². The SMILES string of the molecule is CCC(CC1CC(c2ccc(-c3ccc(CC(O)C(C)O)cc3)cc2)=NO1)(C(=O)NO)S(=O)O. The van der Waals surface area contributed by atoms with Gasteiger partial charge in [0.2, 0.25) is 0 Å². The highest BCUT2D eigenvalue weighted by Gasteiger charge is 2.46. The van der Waals surface area contributed by atoms with Crippen molar-refractivity contribution in [1.82, 2.24) is 5.48 Å². The minimum absolute atomic E-state index is 0.0448. The van der Waals surface area contributed by atoms with Gasteiger partial charge in [0.25, 0.3) is 5.91 Å². The lowest BCUT2D eigenvalue weighted by Crippen LogP contribution is -2.50. The fraction of sp³-hybridized carbons (Fsp3) is 0.417. The number of benzene rings is 2. The summed E-state index contributed by atoms with van der Waals surface area (Å²) in [6.45, 7) is 3.16. The summed E-state index contributed by atoms with van der Waals surface area (Å²) in [6.07, 6.45) is -1.46. The summed E-state index contributed by atoms with van der Waals surface area (Å²) in [4.78, 5) is 17.5. The summed E-state index contributed by atoms with van der Waals surface area (Å²) in [5.74, 6) is -0.927. The lowest BCUT2D eigenvalue weighted by molar-refractivity contribution is -0.133. The van der Waals surface area contributed by atoms with Crippen molar-refractivity contribution in [1.29, 1.82) is 0 Å². The molecule has 0 saturated heterocycles. The van der Waals surface area contributed by atoms with Crippen LogP contribution in [0.15, 0.2) is 53.7 Å². The van der Waals surface area contributed by atoms with E-state index in [1.54, 1.807) is 13.8 Å². The van der Waals surface area contributed by atoms with Crippen LogP contribution in [0.2, 0.25) is 0 Å². The number of amides is 1. The Morgan fingerprint density at radius 3 is 2.21 bits per heavy atom. The van der Waals surface area contributed by atoms with Crippen LogP contribution in [0.1, 0.15) is 44.2 Å². The van der Waals surface area contributed by atoms with E-state index < -0.39 is 40.0 Å². The molecule has 0 radical (unpaired) electrons. The number of hydrogen-bond acceptors (Lipinski definition) is 7. The second kappa shape index (κ2) is 11.2. The van der Waals surface area contributed by atoms with E-state index in [1.165, 1.54) is 5.48 Å². The first-order valence-electron chi connectivity index (χ1n) is 11.0. The smallest absolute Gasteiger partial charge is 0.264 e. The molecular formula is C24H30N2O7S. The Hall–Kier alpha value is -2.63. The van der Waals surface area contributed by atoms with Crippen molar-refractivity contribution in [3.05, 3.63) is 59.7 Å². The fourth-order valence-electron chi connectivity index (χ4n) is 3.95. The molecule has 1 amide bonds. The van der Waals surface area contributed by atoms with Crippen molar-refractivity contribution in [3.8, 4) is 11.1 Å². The number of aliphatic hydroxyl groups is 2. The molecule has 0 bridgehead atoms. The number of rotatable bonds is 10. The van der Waals surface area contributed by atoms with Crippen LogP contribution in [-0.2, 0) is 27.1 Å². The molecule has 5 N–H and O–H groups in total. The van der Waals surface area contributed by atoms with Crippen LogP contribution in [-0.4, -0.2) is 58.9 Å². The molecule has 1 aliphatic heterocycles. The molecule has 1 aliphatic rings. The van der Waals surface area contributed by atoms with Gasteiger partial charge in [-0.15, -0.1) is 0 Å². The molecule has 9 nitrogen and oxygen atoms in total. The Bertz CT molecular complexity index is 1040. The zero-order valence-electron chi connectivity index (χ0n) is 19.0. The number of carbonyl (C=O) groups is 1. The summed E-state index contributed by atoms with van der Waals surface area (Å²) in [5.41, 5.74) is 5.90. The van der Waals surface area contributed by atoms with Crippen molar-refractivity contribution >= 4 is 22.7 Å². The van der Waals surface area contributed by atoms with Crippen molar-refractivity contribution in [3.63, 3.8) is 0 Å². The summed E-state index contributed by atoms with van der Waals surface area (Å²) in [5, 5.41) is 32.4. The van der Waals surface area contributed by atoms with Crippen molar-refractivity contribution in [2.45, 2.75) is 62.6 Å². The van der Waals surface area contributed by atoms with E-state index in [-0.39, 0.29) is 12.8 Å². The molecule has 0 aliphatic carbocycles. The van der Waals surface area contributed by atoms with Crippen LogP contribution < -0.4 is 5.48 Å². The highest BCUT2D eigenvalue weighted by Crippen LogP contribution is 2.31. The lowest BCUT2D eigenvalue weighted by atomic mass is 9.93. The van der Waals surface area contributed by atoms with Crippen LogP contribution in [0.25, 0.3) is 11.1 Å². The molecule has 10 heteroatoms. The van der Waals surface area contributed by atoms with E-state index in [2.05, 4.69) is 5.16 Å². The minimum atomic E-state index is -2.51. The van der Waals surface area contributed by atoms with Crippen LogP contribution in [0.3, 0.4) is 0 Å². The number of carbonyl (C=O) groups excluding carboxylic acids is 1. The first kappa shape index (κ1) is 26.0. The van der Waals surface area contributed by atoms with Gasteiger partial charge in [0.15, 0.2) is 15.8 Å². The Labute approximate surface area is 200 Å². The molecule has 3 rings (SSSR count). The molecule has 0 spiro atoms. The zero-order chi connectivity index (χ0) is 24.9. The number of hydroxylamine groups is 1. The molecule has 0 fully saturated rings. The van der Waals surface area contributed by atoms with E-state index in [0.29, 0.717) is 18.6 Å². The second-order valence-corrected chi connectivity index (χ2v) is 9.78. The largest absolute Gasteiger partial charge is 0.392 e. The van der Waals surface area contributed by atoms with E-state index in [9.17, 15) is 23.8 Å². The average molecular weight is 491 g/mol. The van der Waals surface area contributed by atoms with E-state index in [4.69, 9.17) is 10.0 Å². The van der Waals surface area contributed by atoms with Crippen LogP contribution in [0.5, 0.6) is 0 Å². The number of nitrogens with zero attached hydrogens (tertiary/aromatic N) is 1. The quantitative estimate of drug-likeness (QED) is 0.195. The maximum absolute atomic E-state index is 12.1. The number of aliphatic hydroxyl groups excluding tert-OH is 2. The standard InChI is InChI=1S/C24H30N2O7S/c1-3-24(34(31)32,23(29)25-30)14-20-13-21(26-33-20)19-10-8-18(9-11-19)17-6-4-16(5-7-17)12-22(28)15(2)27/h4-11,15,20,22,27-28,30H,3,12-14H2,1-2H3,(H,25,29)(H,31,32). The highest BCUT2D eigenvalue weighted by molar-refractivity contribution is 7.81. The zero-order valence-corrected chi connectivity index (χ0v) is 19.9. The Morgan fingerprint density at radius 1 is 1.15 bits per heavy atom. The van der Waals surface area contributed by atoms with Gasteiger partial charge in [-0.25, -0.2) is 9.69 Å².